The molecule has 1 N–H and O–H groups in total. The van der Waals surface area contributed by atoms with E-state index in [2.05, 4.69) is 87.5 Å². The number of hydrogen-bond acceptors (Lipinski definition) is 3. The lowest BCUT2D eigenvalue weighted by Crippen LogP contribution is -2.16. The summed E-state index contributed by atoms with van der Waals surface area (Å²) in [4.78, 5) is 9.97. The number of benzene rings is 6. The van der Waals surface area contributed by atoms with E-state index in [4.69, 9.17) is 17.3 Å². The van der Waals surface area contributed by atoms with Gasteiger partial charge in [-0.15, -0.1) is 0 Å². The summed E-state index contributed by atoms with van der Waals surface area (Å²) < 4.78 is 88.2. The largest absolute Gasteiger partial charge is 0.507 e. The van der Waals surface area contributed by atoms with Crippen molar-refractivity contribution in [3.63, 3.8) is 0 Å². The van der Waals surface area contributed by atoms with Crippen molar-refractivity contribution in [1.29, 1.82) is 0 Å². The van der Waals surface area contributed by atoms with Crippen molar-refractivity contribution < 1.29 is 18.8 Å². The molecule has 8 aromatic rings. The first kappa shape index (κ1) is 30.7. The summed E-state index contributed by atoms with van der Waals surface area (Å²) in [5, 5.41) is 12.4. The third kappa shape index (κ3) is 8.04. The van der Waals surface area contributed by atoms with E-state index >= 15 is 0 Å². The second kappa shape index (κ2) is 15.6. The summed E-state index contributed by atoms with van der Waals surface area (Å²) in [7, 11) is 0. The van der Waals surface area contributed by atoms with Crippen LogP contribution in [-0.4, -0.2) is 19.6 Å². The van der Waals surface area contributed by atoms with Crippen molar-refractivity contribution in [2.75, 3.05) is 0 Å². The van der Waals surface area contributed by atoms with Gasteiger partial charge in [0.25, 0.3) is 0 Å². The van der Waals surface area contributed by atoms with E-state index in [-0.39, 0.29) is 22.4 Å². The summed E-state index contributed by atoms with van der Waals surface area (Å²) in [6, 6.07) is 28.4. The molecule has 0 saturated carbocycles. The van der Waals surface area contributed by atoms with Gasteiger partial charge < -0.3 is 5.11 Å². The van der Waals surface area contributed by atoms with Gasteiger partial charge in [0.05, 0.1) is 37.6 Å². The Kier molecular flexibility index (Phi) is 7.88. The van der Waals surface area contributed by atoms with Crippen LogP contribution in [0.5, 0.6) is 5.75 Å². The van der Waals surface area contributed by atoms with Crippen LogP contribution in [0.1, 0.15) is 110 Å². The predicted octanol–water partition coefficient (Wildman–Crippen LogP) is 15.4. The molecule has 0 unspecified atom stereocenters. The Morgan fingerprint density at radius 2 is 1.38 bits per heavy atom. The van der Waals surface area contributed by atoms with Crippen molar-refractivity contribution in [2.24, 2.45) is 0 Å². The van der Waals surface area contributed by atoms with Gasteiger partial charge in [-0.2, -0.15) is 0 Å². The first-order chi connectivity index (χ1) is 33.1. The number of aryl methyl sites for hydroxylation is 1. The number of rotatable bonds is 8. The minimum Gasteiger partial charge on any atom is -0.507 e. The number of phenols is 1. The summed E-state index contributed by atoms with van der Waals surface area (Å²) in [6.45, 7) is 18.1. The number of hydrogen-bond donors (Lipinski definition) is 1. The lowest BCUT2D eigenvalue weighted by atomic mass is 9.81. The number of fused-ring (bicyclic) bond motifs is 1. The monoisotopic (exact) mass is 812 g/mol. The maximum absolute atomic E-state index is 12.4. The molecule has 0 aliphatic carbocycles. The van der Waals surface area contributed by atoms with Gasteiger partial charge in [-0.05, 0) is 124 Å². The van der Waals surface area contributed by atoms with Crippen LogP contribution in [0.4, 0.5) is 0 Å². The van der Waals surface area contributed by atoms with E-state index in [1.165, 1.54) is 5.56 Å². The molecule has 61 heavy (non-hydrogen) atoms. The highest BCUT2D eigenvalue weighted by atomic mass is 16.3. The molecule has 6 aromatic carbocycles. The zero-order chi connectivity index (χ0) is 52.0. The highest BCUT2D eigenvalue weighted by molar-refractivity contribution is 5.98. The standard InChI is InChI=1S/C57H59N3O/c1-12-57(10,11)43-25-26-50(46(35-43)39-17-14-13-15-18-39)60-51-20-16-19-45(52(51)59-54(60)47-29-37(3)30-48(53(47)61)56(7,8)9)41-31-42(33-44(32-41)55(4,5)6)49-34-40(27-28-58-49)38-23-21-36(2)22-24-38/h13-35,61H,12H2,1-11H3/i2D3,21D,22D,23D,24D,27D,28D,34D. The van der Waals surface area contributed by atoms with Gasteiger partial charge in [0.15, 0.2) is 0 Å². The molecule has 0 spiro atoms. The molecule has 0 saturated heterocycles. The quantitative estimate of drug-likeness (QED) is 0.166. The molecule has 0 aliphatic heterocycles. The molecule has 2 aromatic heterocycles. The second-order valence-electron chi connectivity index (χ2n) is 18.7. The highest BCUT2D eigenvalue weighted by Crippen LogP contribution is 2.45. The van der Waals surface area contributed by atoms with E-state index in [0.29, 0.717) is 28.0 Å². The molecule has 0 aliphatic rings. The van der Waals surface area contributed by atoms with Gasteiger partial charge >= 0.3 is 0 Å². The molecule has 0 bridgehead atoms. The van der Waals surface area contributed by atoms with Crippen LogP contribution in [0.3, 0.4) is 0 Å². The van der Waals surface area contributed by atoms with Crippen molar-refractivity contribution in [3.8, 4) is 67.5 Å². The lowest BCUT2D eigenvalue weighted by molar-refractivity contribution is 0.448. The first-order valence-corrected chi connectivity index (χ1v) is 20.9. The van der Waals surface area contributed by atoms with Crippen LogP contribution in [0.15, 0.2) is 139 Å². The summed E-state index contributed by atoms with van der Waals surface area (Å²) in [5.74, 6) is 0.659. The number of nitrogens with zero attached hydrogens (tertiary/aromatic N) is 3. The number of para-hydroxylation sites is 1. The van der Waals surface area contributed by atoms with Crippen molar-refractivity contribution in [1.82, 2.24) is 14.5 Å². The van der Waals surface area contributed by atoms with Gasteiger partial charge in [0.1, 0.15) is 11.6 Å². The fourth-order valence-electron chi connectivity index (χ4n) is 7.85. The Morgan fingerprint density at radius 3 is 2.07 bits per heavy atom. The first-order valence-electron chi connectivity index (χ1n) is 25.9. The SMILES string of the molecule is [2H]c1nc(-c2cc(-c3cccc4c3nc(-c3cc(C)cc(C(C)(C)C)c3O)n4-c3ccc(C(C)(C)CC)cc3-c3ccccc3)cc(C(C)(C)C)c2)c([2H])c(-c2c([2H])c([2H])c(C([2H])([2H])[2H])c([2H])c2[2H])c1[2H]. The number of aromatic hydroxyl groups is 1. The van der Waals surface area contributed by atoms with E-state index in [0.717, 1.165) is 51.0 Å². The van der Waals surface area contributed by atoms with Gasteiger partial charge in [-0.1, -0.05) is 153 Å². The maximum atomic E-state index is 12.4. The number of imidazole rings is 1. The molecule has 0 atom stereocenters. The Morgan fingerprint density at radius 1 is 0.639 bits per heavy atom. The molecule has 308 valence electrons. The van der Waals surface area contributed by atoms with E-state index in [1.54, 1.807) is 0 Å². The molecule has 8 rings (SSSR count). The molecule has 0 amide bonds. The third-order valence-electron chi connectivity index (χ3n) is 11.8. The van der Waals surface area contributed by atoms with Crippen LogP contribution < -0.4 is 0 Å². The Hall–Kier alpha value is -6.26. The van der Waals surface area contributed by atoms with Crippen LogP contribution >= 0.6 is 0 Å². The molecule has 4 nitrogen and oxygen atoms in total. The second-order valence-corrected chi connectivity index (χ2v) is 18.7. The summed E-state index contributed by atoms with van der Waals surface area (Å²) >= 11 is 0. The zero-order valence-corrected chi connectivity index (χ0v) is 36.7. The van der Waals surface area contributed by atoms with Crippen LogP contribution in [-0.2, 0) is 16.2 Å². The van der Waals surface area contributed by atoms with Gasteiger partial charge in [0.2, 0.25) is 0 Å². The Balaban J connectivity index is 1.46. The van der Waals surface area contributed by atoms with E-state index < -0.39 is 71.2 Å². The topological polar surface area (TPSA) is 50.9 Å². The number of pyridine rings is 1. The molecule has 0 fully saturated rings. The minimum atomic E-state index is -2.96. The third-order valence-corrected chi connectivity index (χ3v) is 11.8. The molecular weight excluding hydrogens is 743 g/mol. The van der Waals surface area contributed by atoms with Crippen molar-refractivity contribution >= 4 is 11.0 Å². The van der Waals surface area contributed by atoms with Crippen LogP contribution in [0, 0.1) is 13.8 Å². The van der Waals surface area contributed by atoms with Crippen molar-refractivity contribution in [3.05, 3.63) is 167 Å². The summed E-state index contributed by atoms with van der Waals surface area (Å²) in [5.41, 5.74) is 7.74. The average Bonchev–Trinajstić information content (AvgIpc) is 3.69. The highest BCUT2D eigenvalue weighted by Gasteiger charge is 2.28. The lowest BCUT2D eigenvalue weighted by Gasteiger charge is -2.26. The van der Waals surface area contributed by atoms with E-state index in [1.807, 2.05) is 88.4 Å². The fraction of sp³-hybridized carbons (Fsp3) is 0.263. The molecule has 2 heterocycles. The maximum Gasteiger partial charge on any atom is 0.149 e. The van der Waals surface area contributed by atoms with Gasteiger partial charge in [0, 0.05) is 32.5 Å². The smallest absolute Gasteiger partial charge is 0.149 e. The van der Waals surface area contributed by atoms with Crippen LogP contribution in [0.2, 0.25) is 0 Å². The molecule has 4 heteroatoms. The number of aromatic nitrogens is 3. The normalized spacial score (nSPS) is 14.9. The molecular formula is C57H59N3O. The van der Waals surface area contributed by atoms with E-state index in [9.17, 15) is 6.48 Å². The average molecular weight is 812 g/mol. The van der Waals surface area contributed by atoms with Crippen molar-refractivity contribution in [2.45, 2.75) is 98.8 Å². The Bertz CT molecular complexity index is 3400. The molecule has 0 radical (unpaired) electrons. The fourth-order valence-corrected chi connectivity index (χ4v) is 7.85. The van der Waals surface area contributed by atoms with Crippen LogP contribution in [0.25, 0.3) is 72.7 Å². The van der Waals surface area contributed by atoms with Gasteiger partial charge in [-0.3, -0.25) is 9.55 Å². The number of phenolic OH excluding ortho intramolecular Hbond substituents is 1. The summed E-state index contributed by atoms with van der Waals surface area (Å²) in [6.07, 6.45) is 0.362. The Labute approximate surface area is 377 Å². The predicted molar refractivity (Wildman–Crippen MR) is 258 cm³/mol. The van der Waals surface area contributed by atoms with Gasteiger partial charge in [-0.25, -0.2) is 4.98 Å². The zero-order valence-electron chi connectivity index (χ0n) is 46.7. The minimum absolute atomic E-state index is 0.0366.